The van der Waals surface area contributed by atoms with Gasteiger partial charge in [0.2, 0.25) is 5.91 Å². The molecule has 0 aliphatic carbocycles. The van der Waals surface area contributed by atoms with E-state index in [4.69, 9.17) is 0 Å². The fourth-order valence-corrected chi connectivity index (χ4v) is 2.93. The molecule has 0 unspecified atom stereocenters. The minimum absolute atomic E-state index is 0.0343. The van der Waals surface area contributed by atoms with Crippen LogP contribution in [0.1, 0.15) is 16.7 Å². The van der Waals surface area contributed by atoms with Crippen LogP contribution in [0, 0.1) is 20.8 Å². The van der Waals surface area contributed by atoms with Crippen molar-refractivity contribution in [2.45, 2.75) is 20.8 Å². The SMILES string of the molecule is Cc1ccc(NC(=O)CN(C)c2cc(C)ccc2C)c(Br)c1. The summed E-state index contributed by atoms with van der Waals surface area (Å²) in [6.07, 6.45) is 0. The molecule has 1 N–H and O–H groups in total. The minimum Gasteiger partial charge on any atom is -0.365 e. The molecule has 116 valence electrons. The van der Waals surface area contributed by atoms with Gasteiger partial charge in [-0.2, -0.15) is 0 Å². The second kappa shape index (κ2) is 6.97. The number of nitrogens with one attached hydrogen (secondary N) is 1. The average molecular weight is 361 g/mol. The van der Waals surface area contributed by atoms with E-state index in [1.54, 1.807) is 0 Å². The predicted molar refractivity (Wildman–Crippen MR) is 96.7 cm³/mol. The van der Waals surface area contributed by atoms with Gasteiger partial charge in [0.05, 0.1) is 12.2 Å². The lowest BCUT2D eigenvalue weighted by molar-refractivity contribution is -0.114. The van der Waals surface area contributed by atoms with Crippen molar-refractivity contribution in [1.29, 1.82) is 0 Å². The van der Waals surface area contributed by atoms with Gasteiger partial charge in [-0.1, -0.05) is 18.2 Å². The maximum absolute atomic E-state index is 12.3. The van der Waals surface area contributed by atoms with Crippen LogP contribution in [-0.2, 0) is 4.79 Å². The molecular formula is C18H21BrN2O. The Hall–Kier alpha value is -1.81. The van der Waals surface area contributed by atoms with Crippen LogP contribution in [0.3, 0.4) is 0 Å². The number of nitrogens with zero attached hydrogens (tertiary/aromatic N) is 1. The van der Waals surface area contributed by atoms with E-state index in [0.29, 0.717) is 6.54 Å². The fourth-order valence-electron chi connectivity index (χ4n) is 2.34. The molecule has 0 fully saturated rings. The number of likely N-dealkylation sites (N-methyl/N-ethyl adjacent to an activating group) is 1. The molecule has 0 spiro atoms. The average Bonchev–Trinajstić information content (AvgIpc) is 2.44. The van der Waals surface area contributed by atoms with Crippen molar-refractivity contribution in [2.75, 3.05) is 23.8 Å². The largest absolute Gasteiger partial charge is 0.365 e. The molecule has 0 bridgehead atoms. The van der Waals surface area contributed by atoms with E-state index < -0.39 is 0 Å². The molecule has 2 aromatic rings. The van der Waals surface area contributed by atoms with Crippen LogP contribution < -0.4 is 10.2 Å². The first kappa shape index (κ1) is 16.6. The molecule has 0 saturated carbocycles. The number of benzene rings is 2. The zero-order valence-electron chi connectivity index (χ0n) is 13.4. The molecule has 0 aromatic heterocycles. The quantitative estimate of drug-likeness (QED) is 0.873. The summed E-state index contributed by atoms with van der Waals surface area (Å²) in [5, 5.41) is 2.94. The van der Waals surface area contributed by atoms with Crippen molar-refractivity contribution >= 4 is 33.2 Å². The predicted octanol–water partition coefficient (Wildman–Crippen LogP) is 4.45. The second-order valence-electron chi connectivity index (χ2n) is 5.68. The van der Waals surface area contributed by atoms with Gasteiger partial charge in [-0.15, -0.1) is 0 Å². The van der Waals surface area contributed by atoms with Gasteiger partial charge in [-0.3, -0.25) is 4.79 Å². The third-order valence-corrected chi connectivity index (χ3v) is 4.21. The number of rotatable bonds is 4. The van der Waals surface area contributed by atoms with Gasteiger partial charge in [0.25, 0.3) is 0 Å². The van der Waals surface area contributed by atoms with Crippen molar-refractivity contribution in [3.05, 3.63) is 57.6 Å². The van der Waals surface area contributed by atoms with Crippen LogP contribution in [-0.4, -0.2) is 19.5 Å². The van der Waals surface area contributed by atoms with Gasteiger partial charge < -0.3 is 10.2 Å². The Morgan fingerprint density at radius 1 is 1.09 bits per heavy atom. The monoisotopic (exact) mass is 360 g/mol. The summed E-state index contributed by atoms with van der Waals surface area (Å²) in [6.45, 7) is 6.44. The molecule has 1 amide bonds. The van der Waals surface area contributed by atoms with Crippen molar-refractivity contribution in [2.24, 2.45) is 0 Å². The van der Waals surface area contributed by atoms with Crippen LogP contribution in [0.4, 0.5) is 11.4 Å². The highest BCUT2D eigenvalue weighted by Gasteiger charge is 2.11. The van der Waals surface area contributed by atoms with Gasteiger partial charge in [-0.05, 0) is 71.6 Å². The molecule has 0 heterocycles. The molecule has 0 atom stereocenters. The molecule has 0 radical (unpaired) electrons. The number of halogens is 1. The summed E-state index contributed by atoms with van der Waals surface area (Å²) in [5.74, 6) is -0.0343. The smallest absolute Gasteiger partial charge is 0.243 e. The van der Waals surface area contributed by atoms with Crippen LogP contribution in [0.5, 0.6) is 0 Å². The third kappa shape index (κ3) is 4.10. The van der Waals surface area contributed by atoms with Crippen molar-refractivity contribution in [3.8, 4) is 0 Å². The number of hydrogen-bond donors (Lipinski definition) is 1. The van der Waals surface area contributed by atoms with Gasteiger partial charge in [-0.25, -0.2) is 0 Å². The molecule has 3 nitrogen and oxygen atoms in total. The maximum atomic E-state index is 12.3. The van der Waals surface area contributed by atoms with Crippen LogP contribution in [0.2, 0.25) is 0 Å². The Morgan fingerprint density at radius 2 is 1.73 bits per heavy atom. The Kier molecular flexibility index (Phi) is 5.24. The number of aryl methyl sites for hydroxylation is 3. The molecule has 0 saturated heterocycles. The number of carbonyl (C=O) groups is 1. The molecule has 22 heavy (non-hydrogen) atoms. The zero-order chi connectivity index (χ0) is 16.3. The summed E-state index contributed by atoms with van der Waals surface area (Å²) < 4.78 is 0.898. The topological polar surface area (TPSA) is 32.3 Å². The highest BCUT2D eigenvalue weighted by atomic mass is 79.9. The number of carbonyl (C=O) groups excluding carboxylic acids is 1. The summed E-state index contributed by atoms with van der Waals surface area (Å²) in [7, 11) is 1.94. The minimum atomic E-state index is -0.0343. The number of hydrogen-bond acceptors (Lipinski definition) is 2. The van der Waals surface area contributed by atoms with Crippen molar-refractivity contribution in [3.63, 3.8) is 0 Å². The summed E-state index contributed by atoms with van der Waals surface area (Å²) in [4.78, 5) is 14.2. The van der Waals surface area contributed by atoms with E-state index in [2.05, 4.69) is 53.3 Å². The molecular weight excluding hydrogens is 340 g/mol. The van der Waals surface area contributed by atoms with Gasteiger partial charge >= 0.3 is 0 Å². The van der Waals surface area contributed by atoms with E-state index in [1.165, 1.54) is 5.56 Å². The zero-order valence-corrected chi connectivity index (χ0v) is 15.0. The molecule has 2 rings (SSSR count). The van der Waals surface area contributed by atoms with Crippen molar-refractivity contribution in [1.82, 2.24) is 0 Å². The highest BCUT2D eigenvalue weighted by Crippen LogP contribution is 2.24. The second-order valence-corrected chi connectivity index (χ2v) is 6.53. The van der Waals surface area contributed by atoms with E-state index >= 15 is 0 Å². The lowest BCUT2D eigenvalue weighted by atomic mass is 10.1. The van der Waals surface area contributed by atoms with Gasteiger partial charge in [0, 0.05) is 17.2 Å². The van der Waals surface area contributed by atoms with Crippen LogP contribution in [0.25, 0.3) is 0 Å². The lowest BCUT2D eigenvalue weighted by Crippen LogP contribution is -2.30. The van der Waals surface area contributed by atoms with Crippen LogP contribution in [0.15, 0.2) is 40.9 Å². The lowest BCUT2D eigenvalue weighted by Gasteiger charge is -2.21. The standard InChI is InChI=1S/C18H21BrN2O/c1-12-6-8-16(15(19)9-12)20-18(22)11-21(4)17-10-13(2)5-7-14(17)3/h5-10H,11H2,1-4H3,(H,20,22). The number of amides is 1. The van der Waals surface area contributed by atoms with E-state index in [1.807, 2.05) is 37.1 Å². The van der Waals surface area contributed by atoms with Gasteiger partial charge in [0.15, 0.2) is 0 Å². The Balaban J connectivity index is 2.06. The summed E-state index contributed by atoms with van der Waals surface area (Å²) >= 11 is 3.48. The molecule has 0 aliphatic rings. The molecule has 4 heteroatoms. The normalized spacial score (nSPS) is 10.4. The first-order valence-electron chi connectivity index (χ1n) is 7.21. The first-order valence-corrected chi connectivity index (χ1v) is 8.00. The molecule has 2 aromatic carbocycles. The Labute approximate surface area is 140 Å². The summed E-state index contributed by atoms with van der Waals surface area (Å²) in [6, 6.07) is 12.1. The van der Waals surface area contributed by atoms with Gasteiger partial charge in [0.1, 0.15) is 0 Å². The third-order valence-electron chi connectivity index (χ3n) is 3.56. The Bertz CT molecular complexity index is 697. The number of anilines is 2. The van der Waals surface area contributed by atoms with Crippen molar-refractivity contribution < 1.29 is 4.79 Å². The van der Waals surface area contributed by atoms with E-state index in [9.17, 15) is 4.79 Å². The van der Waals surface area contributed by atoms with Crippen LogP contribution >= 0.6 is 15.9 Å². The first-order chi connectivity index (χ1) is 10.4. The Morgan fingerprint density at radius 3 is 2.41 bits per heavy atom. The van der Waals surface area contributed by atoms with E-state index in [-0.39, 0.29) is 5.91 Å². The summed E-state index contributed by atoms with van der Waals surface area (Å²) in [5.41, 5.74) is 5.38. The highest BCUT2D eigenvalue weighted by molar-refractivity contribution is 9.10. The molecule has 0 aliphatic heterocycles. The van der Waals surface area contributed by atoms with E-state index in [0.717, 1.165) is 27.0 Å². The maximum Gasteiger partial charge on any atom is 0.243 e. The fraction of sp³-hybridized carbons (Fsp3) is 0.278.